The third-order valence-corrected chi connectivity index (χ3v) is 22.2. The Morgan fingerprint density at radius 3 is 1.53 bits per heavy atom. The first-order valence-electron chi connectivity index (χ1n) is 35.8. The average molecular weight is 1710 g/mol. The van der Waals surface area contributed by atoms with Gasteiger partial charge in [0.05, 0.1) is 56.1 Å². The Balaban J connectivity index is 0.000000140. The van der Waals surface area contributed by atoms with E-state index in [4.69, 9.17) is 5.73 Å². The number of anilines is 2. The molecule has 16 rings (SSSR count). The lowest BCUT2D eigenvalue weighted by Gasteiger charge is -2.11. The fourth-order valence-electron chi connectivity index (χ4n) is 12.1. The molecule has 32 nitrogen and oxygen atoms in total. The van der Waals surface area contributed by atoms with E-state index in [1.165, 1.54) is 80.4 Å². The van der Waals surface area contributed by atoms with Gasteiger partial charge in [-0.2, -0.15) is 13.1 Å². The van der Waals surface area contributed by atoms with Crippen molar-refractivity contribution >= 4 is 224 Å². The Bertz CT molecular complexity index is 6950. The van der Waals surface area contributed by atoms with Crippen molar-refractivity contribution in [3.63, 3.8) is 0 Å². The lowest BCUT2D eigenvalue weighted by atomic mass is 9.97. The highest BCUT2D eigenvalue weighted by atomic mass is 32.2. The van der Waals surface area contributed by atoms with Crippen LogP contribution in [0.1, 0.15) is 92.8 Å². The number of benzene rings is 12. The number of nitro groups is 1. The van der Waals surface area contributed by atoms with Gasteiger partial charge < -0.3 is 47.2 Å². The SMILES string of the molecule is CC(=O)Nc1ccc2nsc(N=Nc3c(O)c(C(C)=O)cc4ccccc34)c2c1.CNC(=O)c1cc2cc(C(N)=O)ccc2c(N=Nc2nnc(SC)s2)c1O.Cc1nsc(N=Nc2c(O)c(C(=O)c3ccccc3)cc3ccccc23)c1C=O.O=C(Nc1ccc(CO)cc1)c1cc2ccccc2c(N=Nc2snc3ccc([N+](=O)[O-])cc23)c1O. The van der Waals surface area contributed by atoms with Crippen molar-refractivity contribution in [3.8, 4) is 23.0 Å². The minimum atomic E-state index is -0.604. The van der Waals surface area contributed by atoms with Crippen LogP contribution in [0.15, 0.2) is 252 Å². The molecule has 12 aromatic carbocycles. The van der Waals surface area contributed by atoms with E-state index in [2.05, 4.69) is 80.2 Å². The van der Waals surface area contributed by atoms with E-state index >= 15 is 0 Å². The normalized spacial score (nSPS) is 11.3. The number of aromatic nitrogens is 5. The maximum atomic E-state index is 13.0. The third kappa shape index (κ3) is 18.8. The van der Waals surface area contributed by atoms with Gasteiger partial charge in [-0.05, 0) is 155 Å². The van der Waals surface area contributed by atoms with Crippen molar-refractivity contribution in [1.29, 1.82) is 0 Å². The Hall–Kier alpha value is -15.2. The number of phenols is 4. The summed E-state index contributed by atoms with van der Waals surface area (Å²) >= 11 is 5.90. The fraction of sp³-hybridized carbons (Fsp3) is 0.0714. The zero-order chi connectivity index (χ0) is 85.7. The summed E-state index contributed by atoms with van der Waals surface area (Å²) in [5, 5.41) is 120. The summed E-state index contributed by atoms with van der Waals surface area (Å²) in [5.74, 6) is -3.54. The van der Waals surface area contributed by atoms with Gasteiger partial charge in [0.25, 0.3) is 22.6 Å². The molecule has 10 N–H and O–H groups in total. The largest absolute Gasteiger partial charge is 0.505 e. The molecule has 0 radical (unpaired) electrons. The molecule has 0 aliphatic carbocycles. The molecule has 16 aromatic rings. The van der Waals surface area contributed by atoms with Gasteiger partial charge >= 0.3 is 0 Å². The van der Waals surface area contributed by atoms with E-state index < -0.39 is 22.6 Å². The van der Waals surface area contributed by atoms with Crippen LogP contribution in [0, 0.1) is 17.0 Å². The molecule has 4 amide bonds. The number of aliphatic hydroxyl groups is 1. The molecule has 0 saturated carbocycles. The first kappa shape index (κ1) is 83.8. The predicted octanol–water partition coefficient (Wildman–Crippen LogP) is 20.7. The number of hydrogen-bond donors (Lipinski definition) is 9. The predicted molar refractivity (Wildman–Crippen MR) is 465 cm³/mol. The number of nitrogens with two attached hydrogens (primary N) is 1. The number of non-ortho nitro benzene ring substituents is 1. The van der Waals surface area contributed by atoms with Gasteiger partial charge in [0.1, 0.15) is 22.7 Å². The second-order valence-corrected chi connectivity index (χ2v) is 30.2. The molecule has 602 valence electrons. The van der Waals surface area contributed by atoms with Crippen molar-refractivity contribution in [1.82, 2.24) is 28.6 Å². The molecule has 0 aliphatic rings. The molecule has 0 spiro atoms. The number of nitrogens with one attached hydrogen (secondary N) is 3. The number of aryl methyl sites for hydroxylation is 1. The number of nitro benzene ring substituents is 1. The Morgan fingerprint density at radius 1 is 0.504 bits per heavy atom. The quantitative estimate of drug-likeness (QED) is 0.00854. The number of carbonyl (C=O) groups is 7. The van der Waals surface area contributed by atoms with Crippen LogP contribution in [0.5, 0.6) is 23.0 Å². The minimum absolute atomic E-state index is 0.00122. The van der Waals surface area contributed by atoms with Crippen molar-refractivity contribution < 1.29 is 64.0 Å². The number of fused-ring (bicyclic) bond motifs is 6. The standard InChI is InChI=1S/C25H17N5O5S.C22H15N3O3S.C21H16N4O3S.C16H14N6O3S2/c31-13-14-5-7-16(8-6-14)26-24(33)20-11-15-3-1-2-4-18(15)22(23(20)32)27-28-25-19-12-17(30(34)35)9-10-21(19)29-36-25;1-13-18(12-26)22(29-25-13)24-23-19-16-10-6-5-9-15(16)11-17(21(19)28)20(27)14-7-3-2-4-8-14;1-11(26)16-9-13-5-3-4-6-15(13)19(20(16)28)23-24-21-17-10-14(22-12(2)27)7-8-18(17)25-29-21;1-18-14(25)10-6-8-5-7(13(17)24)3-4-9(8)11(12(10)23)19-20-15-21-22-16(26-2)27-15/h1-12,31-32H,13H2,(H,26,33);2-12,28H,1H3;3-10,28H,1-2H3,(H,22,27);3-6,23H,1-2H3,(H2,17,24)(H,18,25). The number of rotatable bonds is 20. The maximum absolute atomic E-state index is 13.0. The summed E-state index contributed by atoms with van der Waals surface area (Å²) in [4.78, 5) is 94.7. The molecule has 0 aliphatic heterocycles. The van der Waals surface area contributed by atoms with Gasteiger partial charge in [-0.25, -0.2) is 0 Å². The summed E-state index contributed by atoms with van der Waals surface area (Å²) in [6.07, 6.45) is 2.55. The smallest absolute Gasteiger partial charge is 0.270 e. The molecule has 37 heteroatoms. The number of azo groups is 4. The Morgan fingerprint density at radius 2 is 0.992 bits per heavy atom. The van der Waals surface area contributed by atoms with E-state index in [9.17, 15) is 69.2 Å². The van der Waals surface area contributed by atoms with Gasteiger partial charge in [-0.3, -0.25) is 43.7 Å². The number of phenolic OH excluding ortho intramolecular Hbond substituents is 4. The van der Waals surface area contributed by atoms with Crippen LogP contribution in [0.2, 0.25) is 0 Å². The van der Waals surface area contributed by atoms with Crippen molar-refractivity contribution in [2.45, 2.75) is 31.7 Å². The van der Waals surface area contributed by atoms with E-state index in [0.717, 1.165) is 60.6 Å². The van der Waals surface area contributed by atoms with E-state index in [0.29, 0.717) is 103 Å². The second kappa shape index (κ2) is 37.4. The number of primary amides is 1. The molecule has 4 heterocycles. The van der Waals surface area contributed by atoms with E-state index in [-0.39, 0.29) is 103 Å². The monoisotopic (exact) mass is 1710 g/mol. The molecule has 0 atom stereocenters. The van der Waals surface area contributed by atoms with Crippen LogP contribution < -0.4 is 21.7 Å². The number of thioether (sulfide) groups is 1. The number of ketones is 2. The van der Waals surface area contributed by atoms with Gasteiger partial charge in [0, 0.05) is 80.9 Å². The van der Waals surface area contributed by atoms with Crippen LogP contribution in [-0.2, 0) is 11.4 Å². The summed E-state index contributed by atoms with van der Waals surface area (Å²) in [6, 6.07) is 57.6. The number of amides is 4. The number of aliphatic hydroxyl groups excluding tert-OH is 1. The molecule has 0 unspecified atom stereocenters. The zero-order valence-corrected chi connectivity index (χ0v) is 67.8. The molecule has 121 heavy (non-hydrogen) atoms. The third-order valence-electron chi connectivity index (χ3n) is 18.1. The van der Waals surface area contributed by atoms with Gasteiger partial charge in [-0.15, -0.1) is 51.1 Å². The van der Waals surface area contributed by atoms with Crippen LogP contribution >= 0.6 is 57.7 Å². The van der Waals surface area contributed by atoms with Crippen LogP contribution in [0.3, 0.4) is 0 Å². The fourth-order valence-corrected chi connectivity index (χ4v) is 15.2. The first-order valence-corrected chi connectivity index (χ1v) is 40.1. The van der Waals surface area contributed by atoms with Crippen molar-refractivity contribution in [2.75, 3.05) is 23.9 Å². The zero-order valence-electron chi connectivity index (χ0n) is 63.7. The molecule has 0 bridgehead atoms. The van der Waals surface area contributed by atoms with Crippen molar-refractivity contribution in [3.05, 3.63) is 267 Å². The maximum Gasteiger partial charge on any atom is 0.270 e. The molecule has 4 aromatic heterocycles. The number of aromatic hydroxyl groups is 4. The summed E-state index contributed by atoms with van der Waals surface area (Å²) in [7, 11) is 1.44. The second-order valence-electron chi connectivity index (χ2n) is 25.9. The molecule has 0 saturated heterocycles. The highest BCUT2D eigenvalue weighted by molar-refractivity contribution is 8.00. The number of Topliss-reactive ketones (excluding diaryl/α,β-unsaturated/α-hetero) is 1. The molecular weight excluding hydrogens is 1650 g/mol. The summed E-state index contributed by atoms with van der Waals surface area (Å²) in [5.41, 5.74) is 10.9. The molecular formula is C84H62N18O14S5. The number of nitrogens with zero attached hydrogens (tertiary/aromatic N) is 14. The van der Waals surface area contributed by atoms with Gasteiger partial charge in [0.15, 0.2) is 60.2 Å². The average Bonchev–Trinajstić information content (AvgIpc) is 1.52. The topological polar surface area (TPSA) is 489 Å². The van der Waals surface area contributed by atoms with Crippen LogP contribution in [0.25, 0.3) is 64.9 Å². The first-order chi connectivity index (χ1) is 58.4. The summed E-state index contributed by atoms with van der Waals surface area (Å²) < 4.78 is 13.4. The van der Waals surface area contributed by atoms with Gasteiger partial charge in [-0.1, -0.05) is 144 Å². The highest BCUT2D eigenvalue weighted by Crippen LogP contribution is 2.46. The Kier molecular flexibility index (Phi) is 25.9. The number of aldehydes is 1. The van der Waals surface area contributed by atoms with E-state index in [1.807, 2.05) is 54.8 Å². The van der Waals surface area contributed by atoms with Crippen molar-refractivity contribution in [2.24, 2.45) is 46.6 Å². The number of carbonyl (C=O) groups excluding carboxylic acids is 7. The van der Waals surface area contributed by atoms with Crippen LogP contribution in [0.4, 0.5) is 59.9 Å². The highest BCUT2D eigenvalue weighted by Gasteiger charge is 2.25. The minimum Gasteiger partial charge on any atom is -0.505 e. The summed E-state index contributed by atoms with van der Waals surface area (Å²) in [6.45, 7) is 4.43. The molecule has 0 fully saturated rings. The number of hydrogen-bond acceptors (Lipinski definition) is 32. The van der Waals surface area contributed by atoms with Gasteiger partial charge in [0.2, 0.25) is 11.8 Å². The lowest BCUT2D eigenvalue weighted by Crippen LogP contribution is -2.18. The Labute approximate surface area is 704 Å². The lowest BCUT2D eigenvalue weighted by molar-refractivity contribution is -0.384. The van der Waals surface area contributed by atoms with E-state index in [1.54, 1.807) is 128 Å². The van der Waals surface area contributed by atoms with Crippen LogP contribution in [-0.4, -0.2) is 109 Å².